The van der Waals surface area contributed by atoms with Crippen molar-refractivity contribution in [1.29, 1.82) is 0 Å². The lowest BCUT2D eigenvalue weighted by Gasteiger charge is -1.96. The highest BCUT2D eigenvalue weighted by molar-refractivity contribution is 8.02. The fourth-order valence-electron chi connectivity index (χ4n) is 1.29. The van der Waals surface area contributed by atoms with Crippen molar-refractivity contribution < 1.29 is 0 Å². The summed E-state index contributed by atoms with van der Waals surface area (Å²) in [6.45, 7) is 2.05. The van der Waals surface area contributed by atoms with Crippen LogP contribution in [-0.4, -0.2) is 15.0 Å². The molecule has 0 spiro atoms. The van der Waals surface area contributed by atoms with Crippen LogP contribution in [0.1, 0.15) is 5.56 Å². The Morgan fingerprint density at radius 1 is 1.21 bits per heavy atom. The van der Waals surface area contributed by atoms with Gasteiger partial charge in [-0.3, -0.25) is 0 Å². The maximum Gasteiger partial charge on any atom is 0.191 e. The summed E-state index contributed by atoms with van der Waals surface area (Å²) in [5.74, 6) is 0. The Morgan fingerprint density at radius 3 is 2.58 bits per heavy atom. The van der Waals surface area contributed by atoms with Crippen LogP contribution in [-0.2, 0) is 0 Å². The first kappa shape index (κ1) is 13.8. The normalized spacial score (nSPS) is 12.0. The average Bonchev–Trinajstić information content (AvgIpc) is 2.43. The van der Waals surface area contributed by atoms with E-state index in [2.05, 4.69) is 27.6 Å². The van der Waals surface area contributed by atoms with Gasteiger partial charge in [0.25, 0.3) is 0 Å². The third-order valence-electron chi connectivity index (χ3n) is 2.21. The molecule has 5 heteroatoms. The summed E-state index contributed by atoms with van der Waals surface area (Å²) < 4.78 is 0. The van der Waals surface area contributed by atoms with Crippen molar-refractivity contribution in [3.05, 3.63) is 59.8 Å². The molecule has 0 aliphatic carbocycles. The monoisotopic (exact) mass is 287 g/mol. The van der Waals surface area contributed by atoms with Crippen molar-refractivity contribution in [2.24, 2.45) is 4.99 Å². The van der Waals surface area contributed by atoms with E-state index < -0.39 is 0 Å². The van der Waals surface area contributed by atoms with Crippen molar-refractivity contribution in [2.45, 2.75) is 12.1 Å². The highest BCUT2D eigenvalue weighted by atomic mass is 32.2. The van der Waals surface area contributed by atoms with E-state index in [1.165, 1.54) is 17.3 Å². The molecule has 0 unspecified atom stereocenters. The van der Waals surface area contributed by atoms with Gasteiger partial charge >= 0.3 is 0 Å². The summed E-state index contributed by atoms with van der Waals surface area (Å²) in [4.78, 5) is 12.6. The Hall–Kier alpha value is -1.59. The zero-order valence-corrected chi connectivity index (χ0v) is 12.1. The minimum absolute atomic E-state index is 0.646. The van der Waals surface area contributed by atoms with Gasteiger partial charge in [0.05, 0.1) is 10.7 Å². The number of aromatic nitrogens is 2. The molecular formula is C14H13N3S2. The van der Waals surface area contributed by atoms with Crippen LogP contribution in [0, 0.1) is 6.92 Å². The fraction of sp³-hybridized carbons (Fsp3) is 0.0714. The van der Waals surface area contributed by atoms with Gasteiger partial charge in [0, 0.05) is 12.4 Å². The van der Waals surface area contributed by atoms with E-state index in [1.807, 2.05) is 42.7 Å². The van der Waals surface area contributed by atoms with E-state index in [9.17, 15) is 0 Å². The van der Waals surface area contributed by atoms with Crippen molar-refractivity contribution in [2.75, 3.05) is 0 Å². The molecule has 0 bridgehead atoms. The number of hydrogen-bond acceptors (Lipinski definition) is 4. The van der Waals surface area contributed by atoms with Crippen LogP contribution in [0.2, 0.25) is 0 Å². The quantitative estimate of drug-likeness (QED) is 0.303. The van der Waals surface area contributed by atoms with Crippen LogP contribution in [0.4, 0.5) is 5.69 Å². The molecule has 0 saturated heterocycles. The second kappa shape index (κ2) is 7.11. The molecule has 2 aromatic rings. The summed E-state index contributed by atoms with van der Waals surface area (Å²) >= 11 is 5.75. The van der Waals surface area contributed by atoms with Crippen molar-refractivity contribution in [3.63, 3.8) is 0 Å². The molecule has 1 heterocycles. The van der Waals surface area contributed by atoms with Gasteiger partial charge in [-0.2, -0.15) is 0 Å². The largest absolute Gasteiger partial charge is 0.242 e. The highest BCUT2D eigenvalue weighted by Crippen LogP contribution is 2.16. The zero-order chi connectivity index (χ0) is 13.5. The molecule has 0 N–H and O–H groups in total. The Bertz CT molecular complexity index is 577. The second-order valence-corrected chi connectivity index (χ2v) is 5.09. The Balaban J connectivity index is 1.96. The molecule has 0 saturated carbocycles. The molecule has 0 atom stereocenters. The molecule has 0 aliphatic rings. The number of aliphatic imine (C=N–C) groups is 1. The van der Waals surface area contributed by atoms with Crippen molar-refractivity contribution in [1.82, 2.24) is 9.97 Å². The maximum atomic E-state index is 4.37. The predicted molar refractivity (Wildman–Crippen MR) is 84.3 cm³/mol. The summed E-state index contributed by atoms with van der Waals surface area (Å²) in [6, 6.07) is 9.77. The van der Waals surface area contributed by atoms with Gasteiger partial charge in [0.2, 0.25) is 0 Å². The van der Waals surface area contributed by atoms with Crippen LogP contribution in [0.25, 0.3) is 0 Å². The minimum Gasteiger partial charge on any atom is -0.242 e. The van der Waals surface area contributed by atoms with Crippen LogP contribution in [0.5, 0.6) is 0 Å². The molecule has 0 radical (unpaired) electrons. The number of aryl methyl sites for hydroxylation is 1. The molecule has 3 nitrogen and oxygen atoms in total. The fourth-order valence-corrected chi connectivity index (χ4v) is 2.14. The van der Waals surface area contributed by atoms with E-state index in [1.54, 1.807) is 18.5 Å². The summed E-state index contributed by atoms with van der Waals surface area (Å²) in [6.07, 6.45) is 5.25. The van der Waals surface area contributed by atoms with Crippen molar-refractivity contribution in [3.8, 4) is 0 Å². The van der Waals surface area contributed by atoms with E-state index >= 15 is 0 Å². The number of thioether (sulfide) groups is 1. The molecule has 96 valence electrons. The number of benzene rings is 1. The van der Waals surface area contributed by atoms with Crippen LogP contribution in [0.3, 0.4) is 0 Å². The lowest BCUT2D eigenvalue weighted by atomic mass is 10.2. The first-order valence-corrected chi connectivity index (χ1v) is 7.01. The van der Waals surface area contributed by atoms with E-state index in [0.717, 1.165) is 5.69 Å². The maximum absolute atomic E-state index is 4.37. The molecular weight excluding hydrogens is 274 g/mol. The third-order valence-corrected chi connectivity index (χ3v) is 3.15. The number of rotatable bonds is 4. The van der Waals surface area contributed by atoms with E-state index in [-0.39, 0.29) is 0 Å². The molecule has 1 aromatic heterocycles. The third kappa shape index (κ3) is 4.89. The Morgan fingerprint density at radius 2 is 1.89 bits per heavy atom. The lowest BCUT2D eigenvalue weighted by Crippen LogP contribution is -1.81. The second-order valence-electron chi connectivity index (χ2n) is 3.76. The average molecular weight is 287 g/mol. The summed E-state index contributed by atoms with van der Waals surface area (Å²) in [7, 11) is 0. The van der Waals surface area contributed by atoms with Crippen LogP contribution >= 0.6 is 24.4 Å². The Kier molecular flexibility index (Phi) is 5.18. The number of nitrogens with zero attached hydrogens (tertiary/aromatic N) is 3. The number of thiol groups is 1. The van der Waals surface area contributed by atoms with E-state index in [0.29, 0.717) is 10.2 Å². The molecule has 1 aromatic carbocycles. The topological polar surface area (TPSA) is 38.1 Å². The van der Waals surface area contributed by atoms with Gasteiger partial charge in [-0.05, 0) is 36.6 Å². The smallest absolute Gasteiger partial charge is 0.191 e. The van der Waals surface area contributed by atoms with Crippen molar-refractivity contribution >= 4 is 35.1 Å². The van der Waals surface area contributed by atoms with Gasteiger partial charge < -0.3 is 0 Å². The molecule has 0 amide bonds. The standard InChI is InChI=1S/C14H13N3S2/c1-11-3-5-12(6-4-11)17-13(18)7-10-19-14-15-8-2-9-16-14/h2-10H,1H3,(H,17,18). The molecule has 2 rings (SSSR count). The van der Waals surface area contributed by atoms with Gasteiger partial charge in [-0.1, -0.05) is 29.5 Å². The number of hydrogen-bond donors (Lipinski definition) is 1. The first-order chi connectivity index (χ1) is 9.24. The Labute approximate surface area is 122 Å². The molecule has 19 heavy (non-hydrogen) atoms. The zero-order valence-electron chi connectivity index (χ0n) is 10.4. The molecule has 0 aliphatic heterocycles. The predicted octanol–water partition coefficient (Wildman–Crippen LogP) is 4.05. The summed E-state index contributed by atoms with van der Waals surface area (Å²) in [5.41, 5.74) is 2.10. The minimum atomic E-state index is 0.646. The van der Waals surface area contributed by atoms with Gasteiger partial charge in [-0.15, -0.1) is 12.6 Å². The van der Waals surface area contributed by atoms with Gasteiger partial charge in [-0.25, -0.2) is 15.0 Å². The highest BCUT2D eigenvalue weighted by Gasteiger charge is 1.93. The van der Waals surface area contributed by atoms with Gasteiger partial charge in [0.15, 0.2) is 5.16 Å². The van der Waals surface area contributed by atoms with Crippen LogP contribution in [0.15, 0.2) is 64.4 Å². The SMILES string of the molecule is Cc1ccc(N=C(S)C=CSc2ncccn2)cc1. The lowest BCUT2D eigenvalue weighted by molar-refractivity contribution is 0.971. The summed E-state index contributed by atoms with van der Waals surface area (Å²) in [5, 5.41) is 3.22. The van der Waals surface area contributed by atoms with E-state index in [4.69, 9.17) is 0 Å². The van der Waals surface area contributed by atoms with Crippen LogP contribution < -0.4 is 0 Å². The molecule has 0 fully saturated rings. The first-order valence-electron chi connectivity index (χ1n) is 5.68. The van der Waals surface area contributed by atoms with Gasteiger partial charge in [0.1, 0.15) is 0 Å².